The predicted octanol–water partition coefficient (Wildman–Crippen LogP) is 1.25. The first-order chi connectivity index (χ1) is 8.79. The molecule has 0 aliphatic carbocycles. The second kappa shape index (κ2) is 4.61. The van der Waals surface area contributed by atoms with Crippen molar-refractivity contribution in [2.45, 2.75) is 25.3 Å². The lowest BCUT2D eigenvalue weighted by Crippen LogP contribution is -2.37. The van der Waals surface area contributed by atoms with Crippen LogP contribution in [0.2, 0.25) is 0 Å². The van der Waals surface area contributed by atoms with Gasteiger partial charge >= 0.3 is 0 Å². The fraction of sp³-hybridized carbons (Fsp3) is 0.500. The van der Waals surface area contributed by atoms with Gasteiger partial charge in [-0.3, -0.25) is 4.79 Å². The van der Waals surface area contributed by atoms with E-state index in [0.717, 1.165) is 43.6 Å². The van der Waals surface area contributed by atoms with Crippen LogP contribution in [0, 0.1) is 0 Å². The summed E-state index contributed by atoms with van der Waals surface area (Å²) >= 11 is 0. The maximum absolute atomic E-state index is 12.4. The molecular formula is C14H18N2O2. The molecule has 4 nitrogen and oxygen atoms in total. The quantitative estimate of drug-likeness (QED) is 0.826. The van der Waals surface area contributed by atoms with Gasteiger partial charge < -0.3 is 15.3 Å². The summed E-state index contributed by atoms with van der Waals surface area (Å²) in [6.07, 6.45) is 2.89. The standard InChI is InChI=1S/C14H18N2O2/c17-9-12-2-1-7-16(12)14(18)11-3-4-13-10(8-11)5-6-15-13/h3-4,8,12,15,17H,1-2,5-7,9H2. The molecule has 4 heteroatoms. The molecule has 3 rings (SSSR count). The van der Waals surface area contributed by atoms with E-state index in [-0.39, 0.29) is 18.6 Å². The number of hydrogen-bond acceptors (Lipinski definition) is 3. The number of nitrogens with one attached hydrogen (secondary N) is 1. The van der Waals surface area contributed by atoms with E-state index < -0.39 is 0 Å². The van der Waals surface area contributed by atoms with Crippen molar-refractivity contribution in [3.63, 3.8) is 0 Å². The molecule has 0 bridgehead atoms. The van der Waals surface area contributed by atoms with Gasteiger partial charge in [-0.25, -0.2) is 0 Å². The number of nitrogens with zero attached hydrogens (tertiary/aromatic N) is 1. The number of amides is 1. The van der Waals surface area contributed by atoms with Crippen molar-refractivity contribution in [1.82, 2.24) is 4.90 Å². The minimum absolute atomic E-state index is 0.00359. The molecule has 1 atom stereocenters. The van der Waals surface area contributed by atoms with Crippen LogP contribution in [0.1, 0.15) is 28.8 Å². The number of fused-ring (bicyclic) bond motifs is 1. The molecule has 0 spiro atoms. The van der Waals surface area contributed by atoms with Crippen molar-refractivity contribution in [3.8, 4) is 0 Å². The van der Waals surface area contributed by atoms with Gasteiger partial charge in [0.15, 0.2) is 0 Å². The lowest BCUT2D eigenvalue weighted by molar-refractivity contribution is 0.0677. The Morgan fingerprint density at radius 3 is 3.22 bits per heavy atom. The van der Waals surface area contributed by atoms with Crippen LogP contribution in [0.4, 0.5) is 5.69 Å². The van der Waals surface area contributed by atoms with E-state index in [1.165, 1.54) is 5.56 Å². The summed E-state index contributed by atoms with van der Waals surface area (Å²) in [5.41, 5.74) is 3.12. The lowest BCUT2D eigenvalue weighted by atomic mass is 10.1. The summed E-state index contributed by atoms with van der Waals surface area (Å²) < 4.78 is 0. The first kappa shape index (κ1) is 11.5. The minimum Gasteiger partial charge on any atom is -0.394 e. The summed E-state index contributed by atoms with van der Waals surface area (Å²) in [4.78, 5) is 14.2. The highest BCUT2D eigenvalue weighted by Gasteiger charge is 2.29. The molecule has 1 saturated heterocycles. The number of benzene rings is 1. The molecule has 2 aliphatic heterocycles. The summed E-state index contributed by atoms with van der Waals surface area (Å²) in [5.74, 6) is 0.0567. The van der Waals surface area contributed by atoms with Crippen LogP contribution in [0.3, 0.4) is 0 Å². The van der Waals surface area contributed by atoms with Crippen molar-refractivity contribution < 1.29 is 9.90 Å². The maximum atomic E-state index is 12.4. The number of carbonyl (C=O) groups excluding carboxylic acids is 1. The monoisotopic (exact) mass is 246 g/mol. The average Bonchev–Trinajstić information content (AvgIpc) is 3.05. The highest BCUT2D eigenvalue weighted by Crippen LogP contribution is 2.25. The molecule has 2 aliphatic rings. The third-order valence-corrected chi connectivity index (χ3v) is 3.91. The second-order valence-electron chi connectivity index (χ2n) is 5.03. The van der Waals surface area contributed by atoms with Gasteiger partial charge in [0.2, 0.25) is 0 Å². The molecule has 1 aromatic carbocycles. The Kier molecular flexibility index (Phi) is 2.96. The molecule has 2 N–H and O–H groups in total. The molecular weight excluding hydrogens is 228 g/mol. The summed E-state index contributed by atoms with van der Waals surface area (Å²) in [5, 5.41) is 12.6. The normalized spacial score (nSPS) is 21.8. The van der Waals surface area contributed by atoms with E-state index in [2.05, 4.69) is 5.32 Å². The van der Waals surface area contributed by atoms with Gasteiger partial charge in [-0.2, -0.15) is 0 Å². The summed E-state index contributed by atoms with van der Waals surface area (Å²) in [7, 11) is 0. The Balaban J connectivity index is 1.84. The second-order valence-corrected chi connectivity index (χ2v) is 5.03. The van der Waals surface area contributed by atoms with E-state index in [0.29, 0.717) is 0 Å². The smallest absolute Gasteiger partial charge is 0.254 e. The van der Waals surface area contributed by atoms with Crippen molar-refractivity contribution in [1.29, 1.82) is 0 Å². The fourth-order valence-corrected chi connectivity index (χ4v) is 2.90. The molecule has 0 radical (unpaired) electrons. The van der Waals surface area contributed by atoms with Crippen molar-refractivity contribution in [2.75, 3.05) is 25.0 Å². The summed E-state index contributed by atoms with van der Waals surface area (Å²) in [6.45, 7) is 1.79. The minimum atomic E-state index is 0.00359. The molecule has 1 amide bonds. The largest absolute Gasteiger partial charge is 0.394 e. The van der Waals surface area contributed by atoms with E-state index in [4.69, 9.17) is 0 Å². The average molecular weight is 246 g/mol. The Morgan fingerprint density at radius 1 is 1.50 bits per heavy atom. The zero-order valence-electron chi connectivity index (χ0n) is 10.4. The highest BCUT2D eigenvalue weighted by molar-refractivity contribution is 5.95. The zero-order valence-corrected chi connectivity index (χ0v) is 10.4. The molecule has 18 heavy (non-hydrogen) atoms. The zero-order chi connectivity index (χ0) is 12.5. The topological polar surface area (TPSA) is 52.6 Å². The first-order valence-corrected chi connectivity index (χ1v) is 6.58. The van der Waals surface area contributed by atoms with Gasteiger partial charge in [-0.05, 0) is 43.0 Å². The van der Waals surface area contributed by atoms with E-state index in [1.807, 2.05) is 23.1 Å². The number of anilines is 1. The number of hydrogen-bond donors (Lipinski definition) is 2. The lowest BCUT2D eigenvalue weighted by Gasteiger charge is -2.23. The van der Waals surface area contributed by atoms with Crippen molar-refractivity contribution in [3.05, 3.63) is 29.3 Å². The van der Waals surface area contributed by atoms with E-state index in [9.17, 15) is 9.90 Å². The van der Waals surface area contributed by atoms with Crippen LogP contribution < -0.4 is 5.32 Å². The molecule has 96 valence electrons. The van der Waals surface area contributed by atoms with Crippen LogP contribution >= 0.6 is 0 Å². The van der Waals surface area contributed by atoms with E-state index >= 15 is 0 Å². The number of carbonyl (C=O) groups is 1. The fourth-order valence-electron chi connectivity index (χ4n) is 2.90. The molecule has 0 saturated carbocycles. The Labute approximate surface area is 107 Å². The van der Waals surface area contributed by atoms with Crippen LogP contribution in [0.5, 0.6) is 0 Å². The van der Waals surface area contributed by atoms with Crippen LogP contribution in [-0.2, 0) is 6.42 Å². The Morgan fingerprint density at radius 2 is 2.39 bits per heavy atom. The summed E-state index contributed by atoms with van der Waals surface area (Å²) in [6, 6.07) is 5.86. The van der Waals surface area contributed by atoms with Crippen molar-refractivity contribution >= 4 is 11.6 Å². The van der Waals surface area contributed by atoms with Crippen LogP contribution in [0.25, 0.3) is 0 Å². The highest BCUT2D eigenvalue weighted by atomic mass is 16.3. The number of aliphatic hydroxyl groups excluding tert-OH is 1. The predicted molar refractivity (Wildman–Crippen MR) is 69.8 cm³/mol. The van der Waals surface area contributed by atoms with Gasteiger partial charge in [0, 0.05) is 24.3 Å². The third kappa shape index (κ3) is 1.86. The Bertz CT molecular complexity index is 473. The van der Waals surface area contributed by atoms with Gasteiger partial charge in [-0.1, -0.05) is 0 Å². The molecule has 1 aromatic rings. The van der Waals surface area contributed by atoms with Crippen LogP contribution in [-0.4, -0.2) is 41.7 Å². The number of likely N-dealkylation sites (tertiary alicyclic amines) is 1. The molecule has 0 aromatic heterocycles. The van der Waals surface area contributed by atoms with Gasteiger partial charge in [-0.15, -0.1) is 0 Å². The van der Waals surface area contributed by atoms with Gasteiger partial charge in [0.1, 0.15) is 0 Å². The third-order valence-electron chi connectivity index (χ3n) is 3.91. The molecule has 1 unspecified atom stereocenters. The Hall–Kier alpha value is -1.55. The van der Waals surface area contributed by atoms with E-state index in [1.54, 1.807) is 0 Å². The van der Waals surface area contributed by atoms with Gasteiger partial charge in [0.05, 0.1) is 12.6 Å². The van der Waals surface area contributed by atoms with Gasteiger partial charge in [0.25, 0.3) is 5.91 Å². The van der Waals surface area contributed by atoms with Crippen LogP contribution in [0.15, 0.2) is 18.2 Å². The number of aliphatic hydroxyl groups is 1. The number of rotatable bonds is 2. The molecule has 1 fully saturated rings. The first-order valence-electron chi connectivity index (χ1n) is 6.58. The maximum Gasteiger partial charge on any atom is 0.254 e. The van der Waals surface area contributed by atoms with Crippen molar-refractivity contribution in [2.24, 2.45) is 0 Å². The SMILES string of the molecule is O=C(c1ccc2c(c1)CCN2)N1CCCC1CO. The molecule has 2 heterocycles.